The average Bonchev–Trinajstić information content (AvgIpc) is 2.31. The summed E-state index contributed by atoms with van der Waals surface area (Å²) in [7, 11) is 1.49. The van der Waals surface area contributed by atoms with Gasteiger partial charge in [-0.25, -0.2) is 0 Å². The van der Waals surface area contributed by atoms with Crippen LogP contribution in [0.4, 0.5) is 0 Å². The van der Waals surface area contributed by atoms with E-state index in [4.69, 9.17) is 10.5 Å². The van der Waals surface area contributed by atoms with Crippen molar-refractivity contribution >= 4 is 23.0 Å². The van der Waals surface area contributed by atoms with Crippen LogP contribution >= 0.6 is 12.2 Å². The molecule has 0 heterocycles. The Kier molecular flexibility index (Phi) is 4.71. The second-order valence-corrected chi connectivity index (χ2v) is 3.71. The molecule has 0 spiro atoms. The first-order valence-corrected chi connectivity index (χ1v) is 5.48. The number of rotatable bonds is 4. The second kappa shape index (κ2) is 6.05. The molecule has 0 unspecified atom stereocenters. The van der Waals surface area contributed by atoms with Crippen LogP contribution in [0.1, 0.15) is 18.9 Å². The number of aromatic hydroxyl groups is 1. The van der Waals surface area contributed by atoms with Gasteiger partial charge in [0.2, 0.25) is 0 Å². The fourth-order valence-corrected chi connectivity index (χ4v) is 1.37. The van der Waals surface area contributed by atoms with Crippen molar-refractivity contribution in [3.8, 4) is 11.5 Å². The van der Waals surface area contributed by atoms with Crippen LogP contribution in [0, 0.1) is 0 Å². The molecule has 5 nitrogen and oxygen atoms in total. The van der Waals surface area contributed by atoms with Crippen LogP contribution in [0.5, 0.6) is 11.5 Å². The second-order valence-electron chi connectivity index (χ2n) is 3.27. The lowest BCUT2D eigenvalue weighted by Crippen LogP contribution is -2.25. The van der Waals surface area contributed by atoms with Crippen molar-refractivity contribution in [1.29, 1.82) is 0 Å². The van der Waals surface area contributed by atoms with Gasteiger partial charge >= 0.3 is 0 Å². The van der Waals surface area contributed by atoms with Gasteiger partial charge in [0.25, 0.3) is 0 Å². The minimum Gasteiger partial charge on any atom is -0.504 e. The van der Waals surface area contributed by atoms with Crippen molar-refractivity contribution in [2.24, 2.45) is 10.8 Å². The highest BCUT2D eigenvalue weighted by atomic mass is 32.1. The van der Waals surface area contributed by atoms with Crippen molar-refractivity contribution in [2.45, 2.75) is 13.3 Å². The molecule has 0 bridgehead atoms. The standard InChI is InChI=1S/C11H15N3O2S/c1-3-8(13-14-11(12)17)7-4-5-9(15)10(6-7)16-2/h4-6,15H,3H2,1-2H3,(H3,12,14,17). The summed E-state index contributed by atoms with van der Waals surface area (Å²) in [5.41, 5.74) is 9.46. The van der Waals surface area contributed by atoms with Crippen molar-refractivity contribution in [3.05, 3.63) is 23.8 Å². The van der Waals surface area contributed by atoms with Gasteiger partial charge in [0, 0.05) is 5.56 Å². The molecule has 1 aromatic rings. The van der Waals surface area contributed by atoms with E-state index in [1.54, 1.807) is 18.2 Å². The first kappa shape index (κ1) is 13.2. The lowest BCUT2D eigenvalue weighted by atomic mass is 10.1. The molecule has 0 saturated carbocycles. The van der Waals surface area contributed by atoms with Gasteiger partial charge in [-0.05, 0) is 36.8 Å². The summed E-state index contributed by atoms with van der Waals surface area (Å²) in [6, 6.07) is 5.01. The zero-order valence-electron chi connectivity index (χ0n) is 9.73. The molecule has 0 atom stereocenters. The summed E-state index contributed by atoms with van der Waals surface area (Å²) in [6.07, 6.45) is 0.698. The van der Waals surface area contributed by atoms with Gasteiger partial charge in [0.15, 0.2) is 16.6 Å². The molecular formula is C11H15N3O2S. The minimum absolute atomic E-state index is 0.0917. The van der Waals surface area contributed by atoms with Crippen molar-refractivity contribution in [3.63, 3.8) is 0 Å². The lowest BCUT2D eigenvalue weighted by molar-refractivity contribution is 0.373. The number of ether oxygens (including phenoxy) is 1. The van der Waals surface area contributed by atoms with Crippen LogP contribution in [-0.4, -0.2) is 23.0 Å². The Labute approximate surface area is 105 Å². The Bertz CT molecular complexity index is 446. The highest BCUT2D eigenvalue weighted by Gasteiger charge is 2.07. The highest BCUT2D eigenvalue weighted by Crippen LogP contribution is 2.26. The third-order valence-corrected chi connectivity index (χ3v) is 2.24. The van der Waals surface area contributed by atoms with Crippen LogP contribution in [-0.2, 0) is 0 Å². The van der Waals surface area contributed by atoms with Crippen molar-refractivity contribution in [1.82, 2.24) is 5.43 Å². The van der Waals surface area contributed by atoms with E-state index in [-0.39, 0.29) is 10.9 Å². The smallest absolute Gasteiger partial charge is 0.184 e. The SMILES string of the molecule is CCC(=NNC(N)=S)c1ccc(O)c(OC)c1. The maximum absolute atomic E-state index is 9.49. The highest BCUT2D eigenvalue weighted by molar-refractivity contribution is 7.80. The topological polar surface area (TPSA) is 79.9 Å². The van der Waals surface area contributed by atoms with Crippen molar-refractivity contribution in [2.75, 3.05) is 7.11 Å². The van der Waals surface area contributed by atoms with Gasteiger partial charge in [-0.1, -0.05) is 6.92 Å². The number of benzene rings is 1. The molecular weight excluding hydrogens is 238 g/mol. The Morgan fingerprint density at radius 2 is 2.29 bits per heavy atom. The Balaban J connectivity index is 3.03. The fraction of sp³-hybridized carbons (Fsp3) is 0.273. The first-order chi connectivity index (χ1) is 8.08. The lowest BCUT2D eigenvalue weighted by Gasteiger charge is -2.08. The summed E-state index contributed by atoms with van der Waals surface area (Å²) >= 11 is 4.68. The molecule has 0 radical (unpaired) electrons. The Morgan fingerprint density at radius 3 is 2.82 bits per heavy atom. The number of hydrazone groups is 1. The minimum atomic E-state index is 0.0917. The van der Waals surface area contributed by atoms with E-state index in [9.17, 15) is 5.11 Å². The van der Waals surface area contributed by atoms with Crippen LogP contribution in [0.15, 0.2) is 23.3 Å². The fourth-order valence-electron chi connectivity index (χ4n) is 1.33. The van der Waals surface area contributed by atoms with Gasteiger partial charge in [-0.15, -0.1) is 0 Å². The van der Waals surface area contributed by atoms with Gasteiger partial charge in [-0.3, -0.25) is 5.43 Å². The number of phenolic OH excluding ortho intramolecular Hbond substituents is 1. The predicted octanol–water partition coefficient (Wildman–Crippen LogP) is 1.35. The molecule has 1 aromatic carbocycles. The zero-order chi connectivity index (χ0) is 12.8. The molecule has 0 aliphatic heterocycles. The zero-order valence-corrected chi connectivity index (χ0v) is 10.5. The summed E-state index contributed by atoms with van der Waals surface area (Å²) in [4.78, 5) is 0. The first-order valence-electron chi connectivity index (χ1n) is 5.07. The summed E-state index contributed by atoms with van der Waals surface area (Å²) in [5.74, 6) is 0.494. The number of phenols is 1. The van der Waals surface area contributed by atoms with Gasteiger partial charge in [-0.2, -0.15) is 5.10 Å². The van der Waals surface area contributed by atoms with E-state index in [1.165, 1.54) is 7.11 Å². The predicted molar refractivity (Wildman–Crippen MR) is 71.4 cm³/mol. The number of hydrogen-bond acceptors (Lipinski definition) is 4. The van der Waals surface area contributed by atoms with E-state index in [0.717, 1.165) is 11.3 Å². The van der Waals surface area contributed by atoms with Gasteiger partial charge < -0.3 is 15.6 Å². The maximum Gasteiger partial charge on any atom is 0.184 e. The normalized spacial score (nSPS) is 11.1. The quantitative estimate of drug-likeness (QED) is 0.429. The molecule has 0 aromatic heterocycles. The molecule has 6 heteroatoms. The van der Waals surface area contributed by atoms with E-state index < -0.39 is 0 Å². The third kappa shape index (κ3) is 3.60. The molecule has 0 aliphatic carbocycles. The molecule has 17 heavy (non-hydrogen) atoms. The molecule has 0 saturated heterocycles. The van der Waals surface area contributed by atoms with Crippen LogP contribution < -0.4 is 15.9 Å². The molecule has 92 valence electrons. The van der Waals surface area contributed by atoms with Crippen LogP contribution in [0.2, 0.25) is 0 Å². The number of nitrogens with one attached hydrogen (secondary N) is 1. The van der Waals surface area contributed by atoms with E-state index in [2.05, 4.69) is 22.7 Å². The van der Waals surface area contributed by atoms with Crippen molar-refractivity contribution < 1.29 is 9.84 Å². The summed E-state index contributed by atoms with van der Waals surface area (Å²) in [5, 5.41) is 13.7. The Morgan fingerprint density at radius 1 is 1.59 bits per heavy atom. The van der Waals surface area contributed by atoms with E-state index in [0.29, 0.717) is 12.2 Å². The maximum atomic E-state index is 9.49. The number of thiocarbonyl (C=S) groups is 1. The average molecular weight is 253 g/mol. The van der Waals surface area contributed by atoms with Crippen LogP contribution in [0.25, 0.3) is 0 Å². The molecule has 4 N–H and O–H groups in total. The molecule has 1 rings (SSSR count). The number of methoxy groups -OCH3 is 1. The number of nitrogens with two attached hydrogens (primary N) is 1. The van der Waals surface area contributed by atoms with Crippen LogP contribution in [0.3, 0.4) is 0 Å². The summed E-state index contributed by atoms with van der Waals surface area (Å²) in [6.45, 7) is 1.96. The molecule has 0 amide bonds. The largest absolute Gasteiger partial charge is 0.504 e. The summed E-state index contributed by atoms with van der Waals surface area (Å²) < 4.78 is 5.03. The Hall–Kier alpha value is -1.82. The van der Waals surface area contributed by atoms with E-state index in [1.807, 2.05) is 6.92 Å². The number of nitrogens with zero attached hydrogens (tertiary/aromatic N) is 1. The van der Waals surface area contributed by atoms with E-state index >= 15 is 0 Å². The van der Waals surface area contributed by atoms with Gasteiger partial charge in [0.1, 0.15) is 0 Å². The molecule has 0 aliphatic rings. The van der Waals surface area contributed by atoms with Gasteiger partial charge in [0.05, 0.1) is 12.8 Å². The molecule has 0 fully saturated rings. The number of hydrogen-bond donors (Lipinski definition) is 3. The monoisotopic (exact) mass is 253 g/mol. The third-order valence-electron chi connectivity index (χ3n) is 2.15.